The lowest BCUT2D eigenvalue weighted by Gasteiger charge is -2.17. The van der Waals surface area contributed by atoms with E-state index in [1.54, 1.807) is 17.9 Å². The van der Waals surface area contributed by atoms with Crippen LogP contribution < -0.4 is 10.2 Å². The summed E-state index contributed by atoms with van der Waals surface area (Å²) in [7, 11) is 0. The van der Waals surface area contributed by atoms with Gasteiger partial charge in [-0.05, 0) is 43.2 Å². The molecule has 0 radical (unpaired) electrons. The van der Waals surface area contributed by atoms with E-state index in [0.717, 1.165) is 23.4 Å². The molecule has 0 unspecified atom stereocenters. The summed E-state index contributed by atoms with van der Waals surface area (Å²) in [4.78, 5) is 14.3. The highest BCUT2D eigenvalue weighted by molar-refractivity contribution is 6.07. The number of rotatable bonds is 4. The van der Waals surface area contributed by atoms with Gasteiger partial charge in [-0.25, -0.2) is 0 Å². The Kier molecular flexibility index (Phi) is 3.76. The molecule has 1 atom stereocenters. The summed E-state index contributed by atoms with van der Waals surface area (Å²) >= 11 is 0. The van der Waals surface area contributed by atoms with Gasteiger partial charge in [-0.1, -0.05) is 0 Å². The lowest BCUT2D eigenvalue weighted by Crippen LogP contribution is -2.28. The smallest absolute Gasteiger partial charge is 0.261 e. The lowest BCUT2D eigenvalue weighted by atomic mass is 10.1. The third-order valence-corrected chi connectivity index (χ3v) is 4.28. The van der Waals surface area contributed by atoms with Crippen LogP contribution in [0, 0.1) is 6.92 Å². The standard InChI is InChI=1S/C18H18N4O3/c1-11(17-21-20-12(2)25-17)19-15-3-4-16-13(9-15)5-7-22(16)18(23)14-6-8-24-10-14/h3-4,6,8-11,19H,5,7H2,1-2H3/t11-/m0/s1. The van der Waals surface area contributed by atoms with Crippen LogP contribution in [0.25, 0.3) is 0 Å². The first-order valence-electron chi connectivity index (χ1n) is 8.15. The average molecular weight is 338 g/mol. The summed E-state index contributed by atoms with van der Waals surface area (Å²) in [6.07, 6.45) is 3.81. The number of carbonyl (C=O) groups excluding carboxylic acids is 1. The molecule has 25 heavy (non-hydrogen) atoms. The average Bonchev–Trinajstić information content (AvgIpc) is 3.34. The van der Waals surface area contributed by atoms with E-state index < -0.39 is 0 Å². The highest BCUT2D eigenvalue weighted by Crippen LogP contribution is 2.32. The number of benzene rings is 1. The SMILES string of the molecule is Cc1nnc([C@H](C)Nc2ccc3c(c2)CCN3C(=O)c2ccoc2)o1. The molecule has 1 aliphatic heterocycles. The third kappa shape index (κ3) is 2.88. The predicted molar refractivity (Wildman–Crippen MR) is 91.6 cm³/mol. The van der Waals surface area contributed by atoms with E-state index in [9.17, 15) is 4.79 Å². The zero-order chi connectivity index (χ0) is 17.4. The van der Waals surface area contributed by atoms with E-state index in [1.165, 1.54) is 12.5 Å². The molecule has 7 heteroatoms. The number of nitrogens with zero attached hydrogens (tertiary/aromatic N) is 3. The van der Waals surface area contributed by atoms with Crippen molar-refractivity contribution in [2.75, 3.05) is 16.8 Å². The molecule has 7 nitrogen and oxygen atoms in total. The fourth-order valence-electron chi connectivity index (χ4n) is 3.04. The molecule has 2 aromatic heterocycles. The van der Waals surface area contributed by atoms with Gasteiger partial charge >= 0.3 is 0 Å². The molecule has 1 amide bonds. The summed E-state index contributed by atoms with van der Waals surface area (Å²) < 4.78 is 10.5. The number of hydrogen-bond donors (Lipinski definition) is 1. The van der Waals surface area contributed by atoms with Gasteiger partial charge in [-0.3, -0.25) is 4.79 Å². The maximum absolute atomic E-state index is 12.5. The van der Waals surface area contributed by atoms with Gasteiger partial charge in [0.2, 0.25) is 11.8 Å². The second-order valence-electron chi connectivity index (χ2n) is 6.09. The Morgan fingerprint density at radius 3 is 2.92 bits per heavy atom. The van der Waals surface area contributed by atoms with Crippen molar-refractivity contribution in [3.8, 4) is 0 Å². The largest absolute Gasteiger partial charge is 0.472 e. The molecule has 3 heterocycles. The molecule has 0 bridgehead atoms. The Hall–Kier alpha value is -3.09. The van der Waals surface area contributed by atoms with Gasteiger partial charge in [0.1, 0.15) is 12.3 Å². The Bertz CT molecular complexity index is 901. The lowest BCUT2D eigenvalue weighted by molar-refractivity contribution is 0.0989. The third-order valence-electron chi connectivity index (χ3n) is 4.28. The maximum Gasteiger partial charge on any atom is 0.261 e. The molecular formula is C18H18N4O3. The summed E-state index contributed by atoms with van der Waals surface area (Å²) in [6.45, 7) is 4.40. The zero-order valence-electron chi connectivity index (χ0n) is 14.0. The van der Waals surface area contributed by atoms with Gasteiger partial charge in [-0.15, -0.1) is 10.2 Å². The quantitative estimate of drug-likeness (QED) is 0.785. The van der Waals surface area contributed by atoms with Crippen LogP contribution in [-0.4, -0.2) is 22.6 Å². The van der Waals surface area contributed by atoms with Crippen molar-refractivity contribution in [1.82, 2.24) is 10.2 Å². The van der Waals surface area contributed by atoms with Gasteiger partial charge in [0, 0.05) is 24.8 Å². The minimum Gasteiger partial charge on any atom is -0.472 e. The molecule has 0 spiro atoms. The zero-order valence-corrected chi connectivity index (χ0v) is 14.0. The first-order valence-corrected chi connectivity index (χ1v) is 8.15. The summed E-state index contributed by atoms with van der Waals surface area (Å²) in [6, 6.07) is 7.58. The Balaban J connectivity index is 1.52. The van der Waals surface area contributed by atoms with Crippen molar-refractivity contribution in [1.29, 1.82) is 0 Å². The van der Waals surface area contributed by atoms with E-state index in [1.807, 2.05) is 19.1 Å². The van der Waals surface area contributed by atoms with E-state index in [4.69, 9.17) is 8.83 Å². The number of hydrogen-bond acceptors (Lipinski definition) is 6. The first-order chi connectivity index (χ1) is 12.1. The highest BCUT2D eigenvalue weighted by Gasteiger charge is 2.26. The van der Waals surface area contributed by atoms with Gasteiger partial charge in [0.15, 0.2) is 0 Å². The maximum atomic E-state index is 12.5. The van der Waals surface area contributed by atoms with E-state index >= 15 is 0 Å². The topological polar surface area (TPSA) is 84.4 Å². The van der Waals surface area contributed by atoms with Crippen molar-refractivity contribution < 1.29 is 13.6 Å². The van der Waals surface area contributed by atoms with Crippen molar-refractivity contribution in [3.63, 3.8) is 0 Å². The van der Waals surface area contributed by atoms with Crippen LogP contribution in [0.5, 0.6) is 0 Å². The van der Waals surface area contributed by atoms with Crippen molar-refractivity contribution in [3.05, 3.63) is 59.7 Å². The molecule has 3 aromatic rings. The van der Waals surface area contributed by atoms with Gasteiger partial charge in [0.05, 0.1) is 11.8 Å². The first kappa shape index (κ1) is 15.4. The fourth-order valence-corrected chi connectivity index (χ4v) is 3.04. The molecular weight excluding hydrogens is 320 g/mol. The summed E-state index contributed by atoms with van der Waals surface area (Å²) in [5, 5.41) is 11.2. The summed E-state index contributed by atoms with van der Waals surface area (Å²) in [5.74, 6) is 1.06. The molecule has 0 aliphatic carbocycles. The Morgan fingerprint density at radius 1 is 1.32 bits per heavy atom. The number of furan rings is 1. The predicted octanol–water partition coefficient (Wildman–Crippen LogP) is 3.35. The Morgan fingerprint density at radius 2 is 2.20 bits per heavy atom. The van der Waals surface area contributed by atoms with Crippen molar-refractivity contribution in [2.45, 2.75) is 26.3 Å². The molecule has 1 aromatic carbocycles. The van der Waals surface area contributed by atoms with Crippen LogP contribution in [0.1, 0.15) is 40.7 Å². The number of amides is 1. The van der Waals surface area contributed by atoms with Crippen molar-refractivity contribution >= 4 is 17.3 Å². The van der Waals surface area contributed by atoms with Gasteiger partial charge < -0.3 is 19.1 Å². The minimum absolute atomic E-state index is 0.0390. The second kappa shape index (κ2) is 6.08. The number of nitrogens with one attached hydrogen (secondary N) is 1. The van der Waals surface area contributed by atoms with Crippen LogP contribution in [-0.2, 0) is 6.42 Å². The number of carbonyl (C=O) groups is 1. The van der Waals surface area contributed by atoms with E-state index in [2.05, 4.69) is 21.6 Å². The second-order valence-corrected chi connectivity index (χ2v) is 6.09. The van der Waals surface area contributed by atoms with Crippen molar-refractivity contribution in [2.24, 2.45) is 0 Å². The van der Waals surface area contributed by atoms with Gasteiger partial charge in [-0.2, -0.15) is 0 Å². The fraction of sp³-hybridized carbons (Fsp3) is 0.278. The van der Waals surface area contributed by atoms with Crippen LogP contribution in [0.3, 0.4) is 0 Å². The molecule has 0 fully saturated rings. The van der Waals surface area contributed by atoms with Crippen LogP contribution in [0.2, 0.25) is 0 Å². The van der Waals surface area contributed by atoms with Gasteiger partial charge in [0.25, 0.3) is 5.91 Å². The monoisotopic (exact) mass is 338 g/mol. The molecule has 0 saturated heterocycles. The number of aryl methyl sites for hydroxylation is 1. The van der Waals surface area contributed by atoms with Crippen LogP contribution >= 0.6 is 0 Å². The van der Waals surface area contributed by atoms with E-state index in [0.29, 0.717) is 23.9 Å². The summed E-state index contributed by atoms with van der Waals surface area (Å²) in [5.41, 5.74) is 3.60. The number of aromatic nitrogens is 2. The number of fused-ring (bicyclic) bond motifs is 1. The number of anilines is 2. The molecule has 0 saturated carbocycles. The Labute approximate surface area is 144 Å². The van der Waals surface area contributed by atoms with E-state index in [-0.39, 0.29) is 11.9 Å². The molecule has 128 valence electrons. The minimum atomic E-state index is -0.0932. The van der Waals surface area contributed by atoms with Crippen LogP contribution in [0.15, 0.2) is 45.6 Å². The molecule has 1 N–H and O–H groups in total. The molecule has 4 rings (SSSR count). The van der Waals surface area contributed by atoms with Crippen LogP contribution in [0.4, 0.5) is 11.4 Å². The molecule has 1 aliphatic rings. The highest BCUT2D eigenvalue weighted by atomic mass is 16.4. The normalized spacial score (nSPS) is 14.4.